The molecule has 0 spiro atoms. The second-order valence-electron chi connectivity index (χ2n) is 8.30. The normalized spacial score (nSPS) is 13.9. The van der Waals surface area contributed by atoms with Crippen molar-refractivity contribution in [3.8, 4) is 0 Å². The largest absolute Gasteiger partial charge is 0.379 e. The summed E-state index contributed by atoms with van der Waals surface area (Å²) < 4.78 is 19.4. The van der Waals surface area contributed by atoms with Gasteiger partial charge in [0, 0.05) is 37.4 Å². The van der Waals surface area contributed by atoms with Gasteiger partial charge in [0.2, 0.25) is 0 Å². The molecule has 0 unspecified atom stereocenters. The third-order valence-corrected chi connectivity index (χ3v) is 5.92. The van der Waals surface area contributed by atoms with E-state index in [0.717, 1.165) is 44.0 Å². The third-order valence-electron chi connectivity index (χ3n) is 5.92. The summed E-state index contributed by atoms with van der Waals surface area (Å²) in [4.78, 5) is 27.7. The van der Waals surface area contributed by atoms with Crippen molar-refractivity contribution in [1.82, 2.24) is 10.2 Å². The molecule has 0 saturated carbocycles. The second-order valence-corrected chi connectivity index (χ2v) is 8.30. The lowest BCUT2D eigenvalue weighted by Crippen LogP contribution is -2.36. The Hall–Kier alpha value is -3.55. The van der Waals surface area contributed by atoms with Gasteiger partial charge in [0.25, 0.3) is 11.8 Å². The molecule has 0 bridgehead atoms. The van der Waals surface area contributed by atoms with E-state index in [1.165, 1.54) is 23.8 Å². The van der Waals surface area contributed by atoms with Crippen molar-refractivity contribution >= 4 is 17.5 Å². The van der Waals surface area contributed by atoms with Crippen LogP contribution < -0.4 is 10.6 Å². The first-order valence-electron chi connectivity index (χ1n) is 11.3. The fourth-order valence-electron chi connectivity index (χ4n) is 3.89. The van der Waals surface area contributed by atoms with Crippen molar-refractivity contribution in [1.29, 1.82) is 0 Å². The number of nitrogens with one attached hydrogen (secondary N) is 2. The molecule has 1 aliphatic rings. The number of aryl methyl sites for hydroxylation is 1. The topological polar surface area (TPSA) is 70.7 Å². The maximum absolute atomic E-state index is 14.0. The molecule has 34 heavy (non-hydrogen) atoms. The lowest BCUT2D eigenvalue weighted by Gasteiger charge is -2.27. The molecule has 176 valence electrons. The van der Waals surface area contributed by atoms with Crippen molar-refractivity contribution in [2.75, 3.05) is 31.6 Å². The van der Waals surface area contributed by atoms with E-state index in [1.54, 1.807) is 24.3 Å². The van der Waals surface area contributed by atoms with Gasteiger partial charge in [-0.1, -0.05) is 42.5 Å². The van der Waals surface area contributed by atoms with E-state index in [1.807, 2.05) is 25.1 Å². The molecular weight excluding hydrogens is 433 g/mol. The van der Waals surface area contributed by atoms with Crippen LogP contribution in [-0.2, 0) is 17.8 Å². The second kappa shape index (κ2) is 11.0. The van der Waals surface area contributed by atoms with Gasteiger partial charge < -0.3 is 15.4 Å². The van der Waals surface area contributed by atoms with Crippen molar-refractivity contribution in [2.24, 2.45) is 0 Å². The van der Waals surface area contributed by atoms with Crippen LogP contribution in [0.1, 0.15) is 37.4 Å². The zero-order chi connectivity index (χ0) is 23.9. The SMILES string of the molecule is Cc1ccc(C(=O)NCc2ccccc2CN2CCOCC2)cc1NC(=O)c1ccccc1F. The first kappa shape index (κ1) is 23.6. The molecule has 3 aromatic rings. The van der Waals surface area contributed by atoms with Crippen LogP contribution in [0.25, 0.3) is 0 Å². The molecule has 0 aromatic heterocycles. The maximum atomic E-state index is 14.0. The van der Waals surface area contributed by atoms with E-state index < -0.39 is 11.7 Å². The highest BCUT2D eigenvalue weighted by Gasteiger charge is 2.16. The van der Waals surface area contributed by atoms with Crippen LogP contribution in [-0.4, -0.2) is 43.0 Å². The highest BCUT2D eigenvalue weighted by Crippen LogP contribution is 2.19. The molecule has 1 saturated heterocycles. The van der Waals surface area contributed by atoms with Crippen molar-refractivity contribution in [3.63, 3.8) is 0 Å². The highest BCUT2D eigenvalue weighted by atomic mass is 19.1. The lowest BCUT2D eigenvalue weighted by molar-refractivity contribution is 0.0340. The predicted octanol–water partition coefficient (Wildman–Crippen LogP) is 4.15. The highest BCUT2D eigenvalue weighted by molar-refractivity contribution is 6.05. The van der Waals surface area contributed by atoms with Gasteiger partial charge in [0.15, 0.2) is 0 Å². The summed E-state index contributed by atoms with van der Waals surface area (Å²) in [5.74, 6) is -1.40. The smallest absolute Gasteiger partial charge is 0.258 e. The maximum Gasteiger partial charge on any atom is 0.258 e. The molecule has 0 atom stereocenters. The molecule has 1 fully saturated rings. The number of hydrogen-bond donors (Lipinski definition) is 2. The molecule has 4 rings (SSSR count). The van der Waals surface area contributed by atoms with E-state index in [4.69, 9.17) is 4.74 Å². The third kappa shape index (κ3) is 5.87. The minimum atomic E-state index is -0.595. The Labute approximate surface area is 198 Å². The van der Waals surface area contributed by atoms with E-state index in [9.17, 15) is 14.0 Å². The minimum absolute atomic E-state index is 0.0476. The summed E-state index contributed by atoms with van der Waals surface area (Å²) in [6, 6.07) is 19.0. The number of carbonyl (C=O) groups excluding carboxylic acids is 2. The fraction of sp³-hybridized carbons (Fsp3) is 0.259. The zero-order valence-electron chi connectivity index (χ0n) is 19.1. The monoisotopic (exact) mass is 461 g/mol. The van der Waals surface area contributed by atoms with E-state index in [-0.39, 0.29) is 11.5 Å². The van der Waals surface area contributed by atoms with Gasteiger partial charge in [-0.3, -0.25) is 14.5 Å². The number of benzene rings is 3. The molecule has 3 aromatic carbocycles. The molecule has 0 radical (unpaired) electrons. The van der Waals surface area contributed by atoms with E-state index >= 15 is 0 Å². The molecule has 0 aliphatic carbocycles. The van der Waals surface area contributed by atoms with Crippen LogP contribution in [0, 0.1) is 12.7 Å². The van der Waals surface area contributed by atoms with Crippen LogP contribution in [0.2, 0.25) is 0 Å². The Morgan fingerprint density at radius 2 is 1.65 bits per heavy atom. The molecule has 1 heterocycles. The van der Waals surface area contributed by atoms with Crippen LogP contribution >= 0.6 is 0 Å². The lowest BCUT2D eigenvalue weighted by atomic mass is 10.1. The van der Waals surface area contributed by atoms with Gasteiger partial charge in [-0.15, -0.1) is 0 Å². The summed E-state index contributed by atoms with van der Waals surface area (Å²) in [5, 5.41) is 5.70. The Morgan fingerprint density at radius 1 is 0.941 bits per heavy atom. The van der Waals surface area contributed by atoms with Crippen LogP contribution in [0.3, 0.4) is 0 Å². The van der Waals surface area contributed by atoms with Gasteiger partial charge in [-0.2, -0.15) is 0 Å². The van der Waals surface area contributed by atoms with Gasteiger partial charge in [-0.25, -0.2) is 4.39 Å². The number of hydrogen-bond acceptors (Lipinski definition) is 4. The Morgan fingerprint density at radius 3 is 2.41 bits per heavy atom. The number of carbonyl (C=O) groups is 2. The Balaban J connectivity index is 1.42. The minimum Gasteiger partial charge on any atom is -0.379 e. The average Bonchev–Trinajstić information content (AvgIpc) is 2.85. The molecule has 1 aliphatic heterocycles. The van der Waals surface area contributed by atoms with E-state index in [2.05, 4.69) is 21.6 Å². The predicted molar refractivity (Wildman–Crippen MR) is 129 cm³/mol. The van der Waals surface area contributed by atoms with Crippen LogP contribution in [0.4, 0.5) is 10.1 Å². The Kier molecular flexibility index (Phi) is 7.67. The van der Waals surface area contributed by atoms with E-state index in [0.29, 0.717) is 17.8 Å². The van der Waals surface area contributed by atoms with Crippen molar-refractivity contribution in [2.45, 2.75) is 20.0 Å². The number of ether oxygens (including phenoxy) is 1. The number of halogens is 1. The first-order valence-corrected chi connectivity index (χ1v) is 11.3. The number of amides is 2. The molecule has 2 amide bonds. The average molecular weight is 462 g/mol. The summed E-state index contributed by atoms with van der Waals surface area (Å²) in [6.07, 6.45) is 0. The molecule has 7 heteroatoms. The summed E-state index contributed by atoms with van der Waals surface area (Å²) >= 11 is 0. The quantitative estimate of drug-likeness (QED) is 0.555. The number of rotatable bonds is 7. The van der Waals surface area contributed by atoms with Crippen LogP contribution in [0.5, 0.6) is 0 Å². The fourth-order valence-corrected chi connectivity index (χ4v) is 3.89. The molecule has 6 nitrogen and oxygen atoms in total. The Bertz CT molecular complexity index is 1180. The van der Waals surface area contributed by atoms with Gasteiger partial charge in [0.05, 0.1) is 18.8 Å². The van der Waals surface area contributed by atoms with Crippen molar-refractivity contribution in [3.05, 3.63) is 100 Å². The molecule has 2 N–H and O–H groups in total. The molecular formula is C27H28FN3O3. The summed E-state index contributed by atoms with van der Waals surface area (Å²) in [7, 11) is 0. The zero-order valence-corrected chi connectivity index (χ0v) is 19.1. The van der Waals surface area contributed by atoms with Gasteiger partial charge >= 0.3 is 0 Å². The summed E-state index contributed by atoms with van der Waals surface area (Å²) in [5.41, 5.74) is 3.84. The van der Waals surface area contributed by atoms with Crippen LogP contribution in [0.15, 0.2) is 66.7 Å². The van der Waals surface area contributed by atoms with Crippen molar-refractivity contribution < 1.29 is 18.7 Å². The van der Waals surface area contributed by atoms with Gasteiger partial charge in [0.1, 0.15) is 5.82 Å². The number of anilines is 1. The van der Waals surface area contributed by atoms with Gasteiger partial charge in [-0.05, 0) is 47.9 Å². The first-order chi connectivity index (χ1) is 16.5. The summed E-state index contributed by atoms with van der Waals surface area (Å²) in [6.45, 7) is 6.29. The number of morpholine rings is 1. The number of nitrogens with zero attached hydrogens (tertiary/aromatic N) is 1. The standard InChI is InChI=1S/C27H28FN3O3/c1-19-10-11-20(16-25(19)30-27(33)23-8-4-5-9-24(23)28)26(32)29-17-21-6-2-3-7-22(21)18-31-12-14-34-15-13-31/h2-11,16H,12-15,17-18H2,1H3,(H,29,32)(H,30,33).